The molecule has 0 bridgehead atoms. The molecule has 1 saturated heterocycles. The number of aromatic nitrogens is 2. The number of likely N-dealkylation sites (tertiary alicyclic amines) is 1. The summed E-state index contributed by atoms with van der Waals surface area (Å²) in [6, 6.07) is 8.35. The number of hydrogen-bond donors (Lipinski definition) is 2. The van der Waals surface area contributed by atoms with Gasteiger partial charge in [-0.25, -0.2) is 4.98 Å². The minimum Gasteiger partial charge on any atom is -0.468 e. The lowest BCUT2D eigenvalue weighted by Gasteiger charge is -2.22. The molecule has 1 unspecified atom stereocenters. The maximum atomic E-state index is 12.4. The van der Waals surface area contributed by atoms with E-state index < -0.39 is 0 Å². The van der Waals surface area contributed by atoms with Crippen LogP contribution < -0.4 is 5.32 Å². The first kappa shape index (κ1) is 17.1. The molecule has 1 fully saturated rings. The maximum absolute atomic E-state index is 12.4. The lowest BCUT2D eigenvalue weighted by Crippen LogP contribution is -2.25. The number of H-pyrrole nitrogens is 1. The van der Waals surface area contributed by atoms with Gasteiger partial charge < -0.3 is 14.7 Å². The van der Waals surface area contributed by atoms with Gasteiger partial charge in [0.15, 0.2) is 0 Å². The number of amides is 1. The van der Waals surface area contributed by atoms with Crippen molar-refractivity contribution in [3.63, 3.8) is 0 Å². The van der Waals surface area contributed by atoms with E-state index in [9.17, 15) is 4.79 Å². The number of imidazole rings is 1. The van der Waals surface area contributed by atoms with Gasteiger partial charge in [-0.1, -0.05) is 0 Å². The second kappa shape index (κ2) is 7.88. The summed E-state index contributed by atoms with van der Waals surface area (Å²) in [7, 11) is 0. The van der Waals surface area contributed by atoms with Gasteiger partial charge in [0.25, 0.3) is 5.91 Å². The van der Waals surface area contributed by atoms with E-state index in [2.05, 4.69) is 26.3 Å². The standard InChI is InChI=1S/C19H22N4O2S/c24-19(21-8-7-14-11-20-13-22-14)18-6-5-17(26-18)16-4-1-9-23(16)12-15-3-2-10-25-15/h2-3,5-6,10-11,13,16H,1,4,7-9,12H2,(H,20,22)(H,21,24). The Morgan fingerprint density at radius 2 is 2.38 bits per heavy atom. The first-order valence-corrected chi connectivity index (χ1v) is 9.73. The van der Waals surface area contributed by atoms with Crippen molar-refractivity contribution in [3.05, 3.63) is 64.3 Å². The number of carbonyl (C=O) groups is 1. The molecule has 1 aliphatic rings. The quantitative estimate of drug-likeness (QED) is 0.669. The van der Waals surface area contributed by atoms with Gasteiger partial charge in [0.2, 0.25) is 0 Å². The molecule has 4 heterocycles. The Morgan fingerprint density at radius 1 is 1.42 bits per heavy atom. The van der Waals surface area contributed by atoms with E-state index in [0.717, 1.165) is 42.3 Å². The Morgan fingerprint density at radius 3 is 3.19 bits per heavy atom. The smallest absolute Gasteiger partial charge is 0.261 e. The van der Waals surface area contributed by atoms with Crippen molar-refractivity contribution in [2.24, 2.45) is 0 Å². The topological polar surface area (TPSA) is 74.2 Å². The summed E-state index contributed by atoms with van der Waals surface area (Å²) in [6.45, 7) is 2.48. The molecule has 0 radical (unpaired) electrons. The van der Waals surface area contributed by atoms with Crippen molar-refractivity contribution in [1.29, 1.82) is 0 Å². The van der Waals surface area contributed by atoms with Crippen molar-refractivity contribution < 1.29 is 9.21 Å². The van der Waals surface area contributed by atoms with Gasteiger partial charge in [0, 0.05) is 35.8 Å². The van der Waals surface area contributed by atoms with Crippen LogP contribution >= 0.6 is 11.3 Å². The largest absolute Gasteiger partial charge is 0.468 e. The van der Waals surface area contributed by atoms with E-state index in [-0.39, 0.29) is 5.91 Å². The molecule has 1 atom stereocenters. The number of aromatic amines is 1. The Labute approximate surface area is 156 Å². The third-order valence-corrected chi connectivity index (χ3v) is 5.90. The van der Waals surface area contributed by atoms with Crippen molar-refractivity contribution in [3.8, 4) is 0 Å². The highest BCUT2D eigenvalue weighted by molar-refractivity contribution is 7.14. The first-order chi connectivity index (χ1) is 12.8. The molecule has 0 spiro atoms. The number of thiophene rings is 1. The molecule has 3 aromatic heterocycles. The van der Waals surface area contributed by atoms with Crippen LogP contribution in [-0.2, 0) is 13.0 Å². The summed E-state index contributed by atoms with van der Waals surface area (Å²) in [5, 5.41) is 2.98. The van der Waals surface area contributed by atoms with E-state index in [1.807, 2.05) is 18.2 Å². The molecule has 0 saturated carbocycles. The summed E-state index contributed by atoms with van der Waals surface area (Å²) in [4.78, 5) is 23.9. The van der Waals surface area contributed by atoms with Crippen molar-refractivity contribution >= 4 is 17.2 Å². The van der Waals surface area contributed by atoms with Gasteiger partial charge in [-0.3, -0.25) is 9.69 Å². The van der Waals surface area contributed by atoms with Crippen LogP contribution in [0.1, 0.15) is 44.9 Å². The molecule has 4 rings (SSSR count). The number of nitrogens with zero attached hydrogens (tertiary/aromatic N) is 2. The van der Waals surface area contributed by atoms with Crippen LogP contribution in [0.4, 0.5) is 0 Å². The summed E-state index contributed by atoms with van der Waals surface area (Å²) in [5.74, 6) is 0.988. The summed E-state index contributed by atoms with van der Waals surface area (Å²) < 4.78 is 5.49. The number of nitrogens with one attached hydrogen (secondary N) is 2. The Kier molecular flexibility index (Phi) is 5.17. The molecule has 0 aliphatic carbocycles. The highest BCUT2D eigenvalue weighted by Crippen LogP contribution is 2.36. The van der Waals surface area contributed by atoms with Gasteiger partial charge in [0.05, 0.1) is 24.0 Å². The van der Waals surface area contributed by atoms with Gasteiger partial charge in [-0.2, -0.15) is 0 Å². The predicted molar refractivity (Wildman–Crippen MR) is 100 cm³/mol. The van der Waals surface area contributed by atoms with Crippen molar-refractivity contribution in [2.45, 2.75) is 31.8 Å². The van der Waals surface area contributed by atoms with Gasteiger partial charge in [-0.05, 0) is 43.7 Å². The summed E-state index contributed by atoms with van der Waals surface area (Å²) in [5.41, 5.74) is 1.02. The molecular formula is C19H22N4O2S. The maximum Gasteiger partial charge on any atom is 0.261 e. The number of furan rings is 1. The van der Waals surface area contributed by atoms with Crippen molar-refractivity contribution in [2.75, 3.05) is 13.1 Å². The Hall–Kier alpha value is -2.38. The van der Waals surface area contributed by atoms with E-state index in [0.29, 0.717) is 12.6 Å². The number of hydrogen-bond acceptors (Lipinski definition) is 5. The number of rotatable bonds is 7. The highest BCUT2D eigenvalue weighted by Gasteiger charge is 2.28. The van der Waals surface area contributed by atoms with E-state index >= 15 is 0 Å². The van der Waals surface area contributed by atoms with E-state index in [4.69, 9.17) is 4.42 Å². The van der Waals surface area contributed by atoms with Gasteiger partial charge in [-0.15, -0.1) is 11.3 Å². The van der Waals surface area contributed by atoms with Gasteiger partial charge >= 0.3 is 0 Å². The Bertz CT molecular complexity index is 826. The third-order valence-electron chi connectivity index (χ3n) is 4.72. The van der Waals surface area contributed by atoms with Crippen LogP contribution in [0.25, 0.3) is 0 Å². The van der Waals surface area contributed by atoms with Crippen molar-refractivity contribution in [1.82, 2.24) is 20.2 Å². The van der Waals surface area contributed by atoms with Crippen LogP contribution in [0, 0.1) is 0 Å². The highest BCUT2D eigenvalue weighted by atomic mass is 32.1. The molecule has 136 valence electrons. The summed E-state index contributed by atoms with van der Waals surface area (Å²) in [6.07, 6.45) is 8.21. The van der Waals surface area contributed by atoms with E-state index in [1.54, 1.807) is 30.1 Å². The molecule has 6 nitrogen and oxygen atoms in total. The molecule has 3 aromatic rings. The lowest BCUT2D eigenvalue weighted by molar-refractivity contribution is 0.0958. The third kappa shape index (κ3) is 3.89. The second-order valence-corrected chi connectivity index (χ2v) is 7.61. The van der Waals surface area contributed by atoms with Crippen LogP contribution in [0.15, 0.2) is 47.5 Å². The summed E-state index contributed by atoms with van der Waals surface area (Å²) >= 11 is 1.60. The van der Waals surface area contributed by atoms with Crippen LogP contribution in [0.5, 0.6) is 0 Å². The first-order valence-electron chi connectivity index (χ1n) is 8.91. The number of carbonyl (C=O) groups excluding carboxylic acids is 1. The minimum absolute atomic E-state index is 0.00338. The molecule has 2 N–H and O–H groups in total. The molecule has 1 amide bonds. The predicted octanol–water partition coefficient (Wildman–Crippen LogP) is 3.37. The molecule has 0 aromatic carbocycles. The van der Waals surface area contributed by atoms with Crippen LogP contribution in [0.2, 0.25) is 0 Å². The average molecular weight is 370 g/mol. The molecular weight excluding hydrogens is 348 g/mol. The molecule has 7 heteroatoms. The van der Waals surface area contributed by atoms with E-state index in [1.165, 1.54) is 11.3 Å². The SMILES string of the molecule is O=C(NCCc1cnc[nH]1)c1ccc(C2CCCN2Cc2ccco2)s1. The zero-order valence-corrected chi connectivity index (χ0v) is 15.3. The van der Waals surface area contributed by atoms with Gasteiger partial charge in [0.1, 0.15) is 5.76 Å². The normalized spacial score (nSPS) is 17.6. The average Bonchev–Trinajstić information content (AvgIpc) is 3.43. The minimum atomic E-state index is -0.00338. The Balaban J connectivity index is 1.35. The fourth-order valence-corrected chi connectivity index (χ4v) is 4.51. The zero-order chi connectivity index (χ0) is 17.8. The fraction of sp³-hybridized carbons (Fsp3) is 0.368. The molecule has 1 aliphatic heterocycles. The zero-order valence-electron chi connectivity index (χ0n) is 14.5. The van der Waals surface area contributed by atoms with Crippen LogP contribution in [-0.4, -0.2) is 33.9 Å². The fourth-order valence-electron chi connectivity index (χ4n) is 3.41. The lowest BCUT2D eigenvalue weighted by atomic mass is 10.2. The second-order valence-electron chi connectivity index (χ2n) is 6.49. The monoisotopic (exact) mass is 370 g/mol. The molecule has 26 heavy (non-hydrogen) atoms. The van der Waals surface area contributed by atoms with Crippen LogP contribution in [0.3, 0.4) is 0 Å².